The Hall–Kier alpha value is -9.80. The van der Waals surface area contributed by atoms with Gasteiger partial charge in [0.25, 0.3) is 72.9 Å². The quantitative estimate of drug-likeness (QED) is 0.0100. The summed E-state index contributed by atoms with van der Waals surface area (Å²) in [6, 6.07) is 11.4. The first kappa shape index (κ1) is 62.3. The van der Waals surface area contributed by atoms with Crippen LogP contribution >= 0.6 is 0 Å². The van der Waals surface area contributed by atoms with Crippen LogP contribution in [0, 0.1) is 17.0 Å². The Kier molecular flexibility index (Phi) is 16.2. The van der Waals surface area contributed by atoms with Crippen molar-refractivity contribution in [3.8, 4) is 23.1 Å². The largest absolute Gasteiger partial charge is 0.505 e. The Balaban J connectivity index is 1.23. The minimum atomic E-state index is -5.71. The number of hydrogen-bond donors (Lipinski definition) is 10. The molecule has 37 nitrogen and oxygen atoms in total. The number of benzene rings is 7. The maximum Gasteiger partial charge on any atom is 0.303 e. The van der Waals surface area contributed by atoms with Crippen molar-refractivity contribution in [2.24, 2.45) is 40.9 Å². The van der Waals surface area contributed by atoms with Gasteiger partial charge in [0.2, 0.25) is 11.6 Å². The fraction of sp³-hybridized carbons (Fsp3) is 0.0233. The second kappa shape index (κ2) is 22.3. The van der Waals surface area contributed by atoms with E-state index in [1.165, 1.54) is 0 Å². The second-order valence-electron chi connectivity index (χ2n) is 17.0. The number of fused-ring (bicyclic) bond motifs is 2. The van der Waals surface area contributed by atoms with Crippen LogP contribution in [0.5, 0.6) is 17.4 Å². The van der Waals surface area contributed by atoms with E-state index in [-0.39, 0.29) is 17.7 Å². The molecule has 0 amide bonds. The lowest BCUT2D eigenvalue weighted by Crippen LogP contribution is -2.14. The molecule has 86 heavy (non-hydrogen) atoms. The number of rotatable bonds is 18. The molecule has 0 aliphatic rings. The van der Waals surface area contributed by atoms with Crippen molar-refractivity contribution < 1.29 is 102 Å². The number of carbonyl (C=O) groups is 1. The van der Waals surface area contributed by atoms with Crippen LogP contribution in [0.2, 0.25) is 0 Å². The van der Waals surface area contributed by atoms with Crippen LogP contribution in [0.15, 0.2) is 166 Å². The predicted octanol–water partition coefficient (Wildman–Crippen LogP) is 7.36. The van der Waals surface area contributed by atoms with Gasteiger partial charge < -0.3 is 20.7 Å². The normalized spacial score (nSPS) is 13.1. The van der Waals surface area contributed by atoms with Crippen molar-refractivity contribution in [2.75, 3.05) is 5.73 Å². The van der Waals surface area contributed by atoms with E-state index in [2.05, 4.69) is 46.0 Å². The highest BCUT2D eigenvalue weighted by Crippen LogP contribution is 2.49. The number of aryl methyl sites for hydroxylation is 1. The molecule has 7 aromatic carbocycles. The van der Waals surface area contributed by atoms with Gasteiger partial charge in [0.05, 0.1) is 32.3 Å². The van der Waals surface area contributed by atoms with Crippen LogP contribution in [0.1, 0.15) is 5.56 Å². The molecule has 0 fully saturated rings. The van der Waals surface area contributed by atoms with Gasteiger partial charge in [0, 0.05) is 28.3 Å². The van der Waals surface area contributed by atoms with Gasteiger partial charge in [0.15, 0.2) is 11.5 Å². The van der Waals surface area contributed by atoms with Crippen LogP contribution < -0.4 is 16.0 Å². The smallest absolute Gasteiger partial charge is 0.303 e. The highest BCUT2D eigenvalue weighted by atomic mass is 32.2. The SMILES string of the molecule is Cc1cc(S(=O)(=O)O)c(N=Nc2c(OC=O)[nH]n(-c3ccc(S(=O)(=O)O)cc3)c2=O)cc1N=Nc1c(S(=O)(=O)O)cc2c(S(=O)(=O)O)c(N=Nc3cc(S(=O)(=O)O)c4ccc(N=Nc5ccc([N+](=O)[O-])cc5S(=O)(=O)O)c(O)c4c3N)ccc2c1O. The first-order valence-corrected chi connectivity index (χ1v) is 30.9. The average Bonchev–Trinajstić information content (AvgIpc) is 0.959. The number of phenolic OH excluding ortho intramolecular Hbond substituents is 2. The number of aromatic amines is 1. The number of nitrogen functional groups attached to an aromatic ring is 1. The molecule has 448 valence electrons. The van der Waals surface area contributed by atoms with Crippen LogP contribution in [0.25, 0.3) is 27.2 Å². The summed E-state index contributed by atoms with van der Waals surface area (Å²) in [5.74, 6) is -3.12. The number of aromatic hydroxyl groups is 2. The van der Waals surface area contributed by atoms with Crippen LogP contribution in [-0.4, -0.2) is 109 Å². The summed E-state index contributed by atoms with van der Waals surface area (Å²) in [7, 11) is -31.9. The van der Waals surface area contributed by atoms with Crippen molar-refractivity contribution in [2.45, 2.75) is 36.3 Å². The highest BCUT2D eigenvalue weighted by molar-refractivity contribution is 7.87. The number of hydrogen-bond acceptors (Lipinski definition) is 28. The summed E-state index contributed by atoms with van der Waals surface area (Å²) < 4.78 is 215. The standard InChI is InChI=1S/C43H30N12O25S6/c1-18-12-32(83(68,69)70)29(49-52-38-42(80-17-56)53-54(43(38)59)19-2-5-21(6-3-19)81(62,63)64)15-28(18)48-51-37-34(85(74,75)76)14-24-22(39(37)57)7-11-27(41(24)86(77,78)79)47-50-30-16-31(82(65,66)67)23-8-10-26(40(58)35(23)36(30)44)46-45-25-9-4-20(55(60)61)13-33(25)84(71,72)73/h2-17,53,57-58H,44H2,1H3,(H,62,63,64)(H,65,66,67)(H,68,69,70)(H,71,72,73)(H,74,75,76)(H,77,78,79). The molecule has 0 aliphatic heterocycles. The third-order valence-electron chi connectivity index (χ3n) is 11.6. The van der Waals surface area contributed by atoms with E-state index in [0.29, 0.717) is 41.1 Å². The van der Waals surface area contributed by atoms with Crippen molar-refractivity contribution in [3.63, 3.8) is 0 Å². The van der Waals surface area contributed by atoms with Crippen molar-refractivity contribution in [1.29, 1.82) is 0 Å². The molecule has 43 heteroatoms. The summed E-state index contributed by atoms with van der Waals surface area (Å²) in [6.45, 7) is 0.976. The summed E-state index contributed by atoms with van der Waals surface area (Å²) in [5, 5.41) is 63.0. The molecule has 0 saturated heterocycles. The van der Waals surface area contributed by atoms with E-state index in [4.69, 9.17) is 10.5 Å². The molecular weight excluding hydrogens is 1280 g/mol. The Morgan fingerprint density at radius 2 is 1.06 bits per heavy atom. The average molecular weight is 1310 g/mol. The maximum absolute atomic E-state index is 13.5. The Labute approximate surface area is 478 Å². The number of azo groups is 4. The minimum absolute atomic E-state index is 0.141. The van der Waals surface area contributed by atoms with E-state index in [1.807, 2.05) is 0 Å². The van der Waals surface area contributed by atoms with Gasteiger partial charge in [-0.2, -0.15) is 55.6 Å². The maximum atomic E-state index is 13.5. The summed E-state index contributed by atoms with van der Waals surface area (Å²) in [4.78, 5) is 28.4. The lowest BCUT2D eigenvalue weighted by Gasteiger charge is -2.13. The molecule has 8 rings (SSSR count). The number of phenols is 2. The molecule has 11 N–H and O–H groups in total. The molecule has 8 aromatic rings. The fourth-order valence-corrected chi connectivity index (χ4v) is 11.8. The third kappa shape index (κ3) is 12.5. The Bertz CT molecular complexity index is 5210. The number of nitro groups is 1. The lowest BCUT2D eigenvalue weighted by molar-refractivity contribution is -0.385. The molecule has 0 atom stereocenters. The van der Waals surface area contributed by atoms with E-state index < -0.39 is 196 Å². The van der Waals surface area contributed by atoms with Crippen LogP contribution in [0.3, 0.4) is 0 Å². The number of nitrogens with one attached hydrogen (secondary N) is 1. The van der Waals surface area contributed by atoms with E-state index in [0.717, 1.165) is 61.5 Å². The number of nitrogens with two attached hydrogens (primary N) is 1. The predicted molar refractivity (Wildman–Crippen MR) is 289 cm³/mol. The molecular formula is C43H30N12O25S6. The fourth-order valence-electron chi connectivity index (χ4n) is 7.82. The zero-order valence-corrected chi connectivity index (χ0v) is 46.7. The molecule has 1 aromatic heterocycles. The van der Waals surface area contributed by atoms with Gasteiger partial charge in [-0.05, 0) is 85.3 Å². The summed E-state index contributed by atoms with van der Waals surface area (Å²) >= 11 is 0. The van der Waals surface area contributed by atoms with E-state index in [9.17, 15) is 108 Å². The second-order valence-corrected chi connectivity index (χ2v) is 25.4. The van der Waals surface area contributed by atoms with Crippen molar-refractivity contribution in [1.82, 2.24) is 9.78 Å². The van der Waals surface area contributed by atoms with Crippen molar-refractivity contribution in [3.05, 3.63) is 117 Å². The molecule has 0 unspecified atom stereocenters. The van der Waals surface area contributed by atoms with Gasteiger partial charge >= 0.3 is 5.56 Å². The topological polar surface area (TPSA) is 599 Å². The third-order valence-corrected chi connectivity index (χ3v) is 17.0. The van der Waals surface area contributed by atoms with Gasteiger partial charge in [-0.3, -0.25) is 52.1 Å². The number of nitrogens with zero attached hydrogens (tertiary/aromatic N) is 10. The highest BCUT2D eigenvalue weighted by Gasteiger charge is 2.30. The Morgan fingerprint density at radius 3 is 1.64 bits per heavy atom. The molecule has 0 radical (unpaired) electrons. The van der Waals surface area contributed by atoms with Crippen LogP contribution in [-0.2, 0) is 65.5 Å². The van der Waals surface area contributed by atoms with Gasteiger partial charge in [-0.1, -0.05) is 6.07 Å². The summed E-state index contributed by atoms with van der Waals surface area (Å²) in [6.07, 6.45) is 0. The van der Waals surface area contributed by atoms with Gasteiger partial charge in [0.1, 0.15) is 58.6 Å². The van der Waals surface area contributed by atoms with E-state index in [1.54, 1.807) is 0 Å². The number of ether oxygens (including phenoxy) is 1. The molecule has 1 heterocycles. The number of carbonyl (C=O) groups excluding carboxylic acids is 1. The molecule has 0 spiro atoms. The first-order valence-electron chi connectivity index (χ1n) is 22.2. The number of H-pyrrole nitrogens is 1. The van der Waals surface area contributed by atoms with Gasteiger partial charge in [-0.15, -0.1) is 35.8 Å². The minimum Gasteiger partial charge on any atom is -0.505 e. The zero-order chi connectivity index (χ0) is 63.6. The number of non-ortho nitro benzene ring substituents is 1. The Morgan fingerprint density at radius 1 is 0.535 bits per heavy atom. The van der Waals surface area contributed by atoms with E-state index >= 15 is 0 Å². The zero-order valence-electron chi connectivity index (χ0n) is 41.8. The van der Waals surface area contributed by atoms with Crippen molar-refractivity contribution >= 4 is 146 Å². The number of nitro benzene ring substituents is 1. The van der Waals surface area contributed by atoms with Crippen LogP contribution in [0.4, 0.5) is 56.9 Å². The number of anilines is 1. The van der Waals surface area contributed by atoms with Gasteiger partial charge in [-0.25, -0.2) is 4.68 Å². The lowest BCUT2D eigenvalue weighted by atomic mass is 10.1. The monoisotopic (exact) mass is 1310 g/mol. The molecule has 0 saturated carbocycles. The molecule has 0 aliphatic carbocycles. The first-order chi connectivity index (χ1) is 39.8. The molecule has 0 bridgehead atoms. The number of aromatic nitrogens is 2. The summed E-state index contributed by atoms with van der Waals surface area (Å²) in [5.41, 5.74) is -3.37.